The lowest BCUT2D eigenvalue weighted by Crippen LogP contribution is -2.33. The Labute approximate surface area is 74.0 Å². The van der Waals surface area contributed by atoms with E-state index in [0.717, 1.165) is 13.2 Å². The van der Waals surface area contributed by atoms with Gasteiger partial charge < -0.3 is 14.2 Å². The molecule has 0 unspecified atom stereocenters. The molecule has 0 aliphatic carbocycles. The van der Waals surface area contributed by atoms with E-state index in [2.05, 4.69) is 6.92 Å². The highest BCUT2D eigenvalue weighted by Gasteiger charge is 2.21. The number of hydrogen-bond acceptors (Lipinski definition) is 3. The quantitative estimate of drug-likeness (QED) is 0.650. The predicted molar refractivity (Wildman–Crippen MR) is 45.7 cm³/mol. The van der Waals surface area contributed by atoms with Gasteiger partial charge in [0.15, 0.2) is 0 Å². The third-order valence-electron chi connectivity index (χ3n) is 1.94. The lowest BCUT2D eigenvalue weighted by atomic mass is 10.1. The van der Waals surface area contributed by atoms with Crippen LogP contribution in [0.1, 0.15) is 26.7 Å². The largest absolute Gasteiger partial charge is 0.330 e. The molecule has 0 aromatic carbocycles. The van der Waals surface area contributed by atoms with E-state index in [1.807, 2.05) is 6.92 Å². The summed E-state index contributed by atoms with van der Waals surface area (Å²) in [5.74, 6) is 0.562. The highest BCUT2D eigenvalue weighted by molar-refractivity contribution is 4.59. The van der Waals surface area contributed by atoms with Crippen molar-refractivity contribution in [3.05, 3.63) is 0 Å². The molecule has 1 heterocycles. The van der Waals surface area contributed by atoms with Gasteiger partial charge in [0.25, 0.3) is 6.48 Å². The Morgan fingerprint density at radius 2 is 1.92 bits per heavy atom. The molecule has 1 aliphatic rings. The lowest BCUT2D eigenvalue weighted by molar-refractivity contribution is -0.321. The summed E-state index contributed by atoms with van der Waals surface area (Å²) in [5.41, 5.74) is 0. The third-order valence-corrected chi connectivity index (χ3v) is 1.94. The maximum Gasteiger partial charge on any atom is 0.271 e. The van der Waals surface area contributed by atoms with Gasteiger partial charge in [0.2, 0.25) is 0 Å². The van der Waals surface area contributed by atoms with Crippen molar-refractivity contribution >= 4 is 0 Å². The van der Waals surface area contributed by atoms with E-state index in [1.165, 1.54) is 12.8 Å². The second-order valence-corrected chi connectivity index (χ2v) is 3.07. The van der Waals surface area contributed by atoms with Crippen molar-refractivity contribution in [2.24, 2.45) is 5.92 Å². The van der Waals surface area contributed by atoms with E-state index >= 15 is 0 Å². The SMILES string of the molecule is CCCC1COC(OCC)OC1. The Morgan fingerprint density at radius 3 is 2.42 bits per heavy atom. The van der Waals surface area contributed by atoms with Crippen LogP contribution in [0.2, 0.25) is 0 Å². The summed E-state index contributed by atoms with van der Waals surface area (Å²) in [7, 11) is 0. The summed E-state index contributed by atoms with van der Waals surface area (Å²) in [6.45, 7) is 5.89. The Morgan fingerprint density at radius 1 is 1.25 bits per heavy atom. The van der Waals surface area contributed by atoms with Crippen molar-refractivity contribution in [3.8, 4) is 0 Å². The van der Waals surface area contributed by atoms with Gasteiger partial charge in [0.05, 0.1) is 13.2 Å². The fourth-order valence-electron chi connectivity index (χ4n) is 1.33. The zero-order valence-electron chi connectivity index (χ0n) is 7.91. The molecule has 0 spiro atoms. The van der Waals surface area contributed by atoms with Gasteiger partial charge in [-0.15, -0.1) is 0 Å². The van der Waals surface area contributed by atoms with E-state index in [4.69, 9.17) is 14.2 Å². The molecule has 0 amide bonds. The Bertz CT molecular complexity index is 94.3. The number of ether oxygens (including phenoxy) is 3. The minimum absolute atomic E-state index is 0.414. The van der Waals surface area contributed by atoms with Gasteiger partial charge in [0.1, 0.15) is 0 Å². The molecule has 1 aliphatic heterocycles. The highest BCUT2D eigenvalue weighted by atomic mass is 16.8. The van der Waals surface area contributed by atoms with E-state index in [-0.39, 0.29) is 0 Å². The van der Waals surface area contributed by atoms with Crippen molar-refractivity contribution in [2.75, 3.05) is 19.8 Å². The van der Waals surface area contributed by atoms with Gasteiger partial charge in [-0.2, -0.15) is 0 Å². The Balaban J connectivity index is 2.11. The van der Waals surface area contributed by atoms with Crippen LogP contribution in [0.4, 0.5) is 0 Å². The van der Waals surface area contributed by atoms with Crippen LogP contribution in [0.5, 0.6) is 0 Å². The van der Waals surface area contributed by atoms with Gasteiger partial charge in [-0.1, -0.05) is 13.3 Å². The molecular formula is C9H18O3. The van der Waals surface area contributed by atoms with Gasteiger partial charge in [0, 0.05) is 12.5 Å². The van der Waals surface area contributed by atoms with Crippen LogP contribution in [0.25, 0.3) is 0 Å². The summed E-state index contributed by atoms with van der Waals surface area (Å²) >= 11 is 0. The third kappa shape index (κ3) is 3.09. The molecule has 72 valence electrons. The van der Waals surface area contributed by atoms with Crippen molar-refractivity contribution in [1.29, 1.82) is 0 Å². The molecule has 12 heavy (non-hydrogen) atoms. The Kier molecular flexibility index (Phi) is 4.58. The number of rotatable bonds is 4. The van der Waals surface area contributed by atoms with Crippen LogP contribution in [0, 0.1) is 5.92 Å². The van der Waals surface area contributed by atoms with Crippen LogP contribution in [0.3, 0.4) is 0 Å². The van der Waals surface area contributed by atoms with Crippen molar-refractivity contribution < 1.29 is 14.2 Å². The van der Waals surface area contributed by atoms with Crippen LogP contribution < -0.4 is 0 Å². The smallest absolute Gasteiger partial charge is 0.271 e. The zero-order valence-corrected chi connectivity index (χ0v) is 7.91. The average molecular weight is 174 g/mol. The summed E-state index contributed by atoms with van der Waals surface area (Å²) in [5, 5.41) is 0. The monoisotopic (exact) mass is 174 g/mol. The topological polar surface area (TPSA) is 27.7 Å². The molecule has 0 saturated carbocycles. The second kappa shape index (κ2) is 5.51. The van der Waals surface area contributed by atoms with Crippen molar-refractivity contribution in [2.45, 2.75) is 33.2 Å². The first kappa shape index (κ1) is 9.96. The van der Waals surface area contributed by atoms with E-state index in [1.54, 1.807) is 0 Å². The van der Waals surface area contributed by atoms with E-state index in [0.29, 0.717) is 12.5 Å². The summed E-state index contributed by atoms with van der Waals surface area (Å²) < 4.78 is 15.8. The van der Waals surface area contributed by atoms with Crippen LogP contribution in [-0.4, -0.2) is 26.3 Å². The lowest BCUT2D eigenvalue weighted by Gasteiger charge is -2.28. The zero-order chi connectivity index (χ0) is 8.81. The van der Waals surface area contributed by atoms with Crippen LogP contribution in [0.15, 0.2) is 0 Å². The molecule has 1 fully saturated rings. The molecule has 3 nitrogen and oxygen atoms in total. The molecule has 0 radical (unpaired) electrons. The average Bonchev–Trinajstić information content (AvgIpc) is 2.09. The summed E-state index contributed by atoms with van der Waals surface area (Å²) in [4.78, 5) is 0. The van der Waals surface area contributed by atoms with Gasteiger partial charge in [-0.25, -0.2) is 0 Å². The molecule has 0 bridgehead atoms. The maximum atomic E-state index is 5.34. The van der Waals surface area contributed by atoms with Crippen molar-refractivity contribution in [3.63, 3.8) is 0 Å². The molecule has 1 saturated heterocycles. The van der Waals surface area contributed by atoms with Gasteiger partial charge >= 0.3 is 0 Å². The molecule has 0 N–H and O–H groups in total. The molecule has 1 rings (SSSR count). The van der Waals surface area contributed by atoms with Crippen molar-refractivity contribution in [1.82, 2.24) is 0 Å². The Hall–Kier alpha value is -0.120. The minimum Gasteiger partial charge on any atom is -0.330 e. The molecule has 0 aromatic heterocycles. The van der Waals surface area contributed by atoms with E-state index in [9.17, 15) is 0 Å². The first-order chi connectivity index (χ1) is 5.86. The fourth-order valence-corrected chi connectivity index (χ4v) is 1.33. The molecule has 3 heteroatoms. The van der Waals surface area contributed by atoms with Crippen LogP contribution >= 0.6 is 0 Å². The maximum absolute atomic E-state index is 5.34. The predicted octanol–water partition coefficient (Wildman–Crippen LogP) is 1.77. The number of hydrogen-bond donors (Lipinski definition) is 0. The normalized spacial score (nSPS) is 30.5. The minimum atomic E-state index is -0.414. The molecule has 0 atom stereocenters. The van der Waals surface area contributed by atoms with Gasteiger partial charge in [-0.05, 0) is 13.3 Å². The van der Waals surface area contributed by atoms with Gasteiger partial charge in [-0.3, -0.25) is 0 Å². The summed E-state index contributed by atoms with van der Waals surface area (Å²) in [6, 6.07) is 0. The highest BCUT2D eigenvalue weighted by Crippen LogP contribution is 2.16. The standard InChI is InChI=1S/C9H18O3/c1-3-5-8-6-11-9(10-4-2)12-7-8/h8-9H,3-7H2,1-2H3. The first-order valence-electron chi connectivity index (χ1n) is 4.71. The summed E-state index contributed by atoms with van der Waals surface area (Å²) in [6.07, 6.45) is 2.37. The molecule has 0 aromatic rings. The second-order valence-electron chi connectivity index (χ2n) is 3.07. The first-order valence-corrected chi connectivity index (χ1v) is 4.71. The molecular weight excluding hydrogens is 156 g/mol. The van der Waals surface area contributed by atoms with Crippen LogP contribution in [-0.2, 0) is 14.2 Å². The van der Waals surface area contributed by atoms with E-state index < -0.39 is 6.48 Å². The fraction of sp³-hybridized carbons (Fsp3) is 1.00.